The summed E-state index contributed by atoms with van der Waals surface area (Å²) in [6, 6.07) is 7.85. The summed E-state index contributed by atoms with van der Waals surface area (Å²) < 4.78 is 0. The van der Waals surface area contributed by atoms with Crippen molar-refractivity contribution in [3.8, 4) is 0 Å². The van der Waals surface area contributed by atoms with Gasteiger partial charge in [0.15, 0.2) is 0 Å². The van der Waals surface area contributed by atoms with Crippen molar-refractivity contribution in [2.75, 3.05) is 6.26 Å². The molecule has 1 unspecified atom stereocenters. The Morgan fingerprint density at radius 1 is 1.37 bits per heavy atom. The van der Waals surface area contributed by atoms with Crippen LogP contribution in [0.15, 0.2) is 29.2 Å². The van der Waals surface area contributed by atoms with E-state index in [2.05, 4.69) is 23.7 Å². The number of carbonyl (C=O) groups excluding carboxylic acids is 1. The lowest BCUT2D eigenvalue weighted by Gasteiger charge is -2.24. The van der Waals surface area contributed by atoms with Gasteiger partial charge in [-0.2, -0.15) is 0 Å². The molecule has 0 saturated heterocycles. The Morgan fingerprint density at radius 2 is 2.00 bits per heavy atom. The molecule has 19 heavy (non-hydrogen) atoms. The molecule has 0 aromatic heterocycles. The number of carbonyl (C=O) groups is 1. The molecule has 2 rings (SSSR count). The van der Waals surface area contributed by atoms with Crippen LogP contribution in [0.1, 0.15) is 32.3 Å². The molecule has 104 valence electrons. The van der Waals surface area contributed by atoms with Crippen molar-refractivity contribution in [1.82, 2.24) is 5.32 Å². The molecular formula is C15H22N2OS. The van der Waals surface area contributed by atoms with E-state index >= 15 is 0 Å². The first-order chi connectivity index (χ1) is 9.00. The van der Waals surface area contributed by atoms with Crippen LogP contribution in [0.4, 0.5) is 0 Å². The predicted molar refractivity (Wildman–Crippen MR) is 80.1 cm³/mol. The zero-order chi connectivity index (χ0) is 14.0. The van der Waals surface area contributed by atoms with Gasteiger partial charge in [0, 0.05) is 4.90 Å². The molecule has 1 amide bonds. The molecule has 4 heteroatoms. The van der Waals surface area contributed by atoms with Crippen molar-refractivity contribution < 1.29 is 4.79 Å². The SMILES string of the molecule is CSc1ccccc1C1(NC(=O)C(N)C(C)C)CC1. The van der Waals surface area contributed by atoms with Gasteiger partial charge < -0.3 is 11.1 Å². The summed E-state index contributed by atoms with van der Waals surface area (Å²) in [6.07, 6.45) is 4.07. The quantitative estimate of drug-likeness (QED) is 0.814. The molecule has 1 aromatic rings. The Morgan fingerprint density at radius 3 is 2.53 bits per heavy atom. The summed E-state index contributed by atoms with van der Waals surface area (Å²) in [5, 5.41) is 3.16. The van der Waals surface area contributed by atoms with Crippen LogP contribution in [-0.2, 0) is 10.3 Å². The van der Waals surface area contributed by atoms with E-state index in [-0.39, 0.29) is 17.4 Å². The number of nitrogens with two attached hydrogens (primary N) is 1. The zero-order valence-corrected chi connectivity index (χ0v) is 12.6. The van der Waals surface area contributed by atoms with Gasteiger partial charge in [0.25, 0.3) is 0 Å². The normalized spacial score (nSPS) is 18.2. The third kappa shape index (κ3) is 2.95. The lowest BCUT2D eigenvalue weighted by Crippen LogP contribution is -2.48. The van der Waals surface area contributed by atoms with Gasteiger partial charge in [0.2, 0.25) is 5.91 Å². The summed E-state index contributed by atoms with van der Waals surface area (Å²) in [6.45, 7) is 3.94. The number of hydrogen-bond acceptors (Lipinski definition) is 3. The van der Waals surface area contributed by atoms with Crippen molar-refractivity contribution in [3.63, 3.8) is 0 Å². The van der Waals surface area contributed by atoms with E-state index in [4.69, 9.17) is 5.73 Å². The molecule has 0 bridgehead atoms. The lowest BCUT2D eigenvalue weighted by molar-refractivity contribution is -0.124. The third-order valence-electron chi connectivity index (χ3n) is 3.76. The summed E-state index contributed by atoms with van der Waals surface area (Å²) >= 11 is 1.72. The Bertz CT molecular complexity index is 469. The highest BCUT2D eigenvalue weighted by molar-refractivity contribution is 7.98. The van der Waals surface area contributed by atoms with E-state index < -0.39 is 6.04 Å². The highest BCUT2D eigenvalue weighted by atomic mass is 32.2. The van der Waals surface area contributed by atoms with Gasteiger partial charge >= 0.3 is 0 Å². The first-order valence-electron chi connectivity index (χ1n) is 6.71. The highest BCUT2D eigenvalue weighted by Crippen LogP contribution is 2.48. The van der Waals surface area contributed by atoms with Gasteiger partial charge in [0.1, 0.15) is 0 Å². The lowest BCUT2D eigenvalue weighted by atomic mass is 10.0. The smallest absolute Gasteiger partial charge is 0.237 e. The zero-order valence-electron chi connectivity index (χ0n) is 11.8. The van der Waals surface area contributed by atoms with Crippen LogP contribution in [-0.4, -0.2) is 18.2 Å². The standard InChI is InChI=1S/C15H22N2OS/c1-10(2)13(16)14(18)17-15(8-9-15)11-6-4-5-7-12(11)19-3/h4-7,10,13H,8-9,16H2,1-3H3,(H,17,18). The van der Waals surface area contributed by atoms with Crippen molar-refractivity contribution in [1.29, 1.82) is 0 Å². The maximum Gasteiger partial charge on any atom is 0.237 e. The average molecular weight is 278 g/mol. The van der Waals surface area contributed by atoms with Gasteiger partial charge in [-0.1, -0.05) is 32.0 Å². The number of thioether (sulfide) groups is 1. The molecule has 0 aliphatic heterocycles. The Balaban J connectivity index is 2.18. The molecule has 0 radical (unpaired) electrons. The monoisotopic (exact) mass is 278 g/mol. The fraction of sp³-hybridized carbons (Fsp3) is 0.533. The van der Waals surface area contributed by atoms with Gasteiger partial charge in [0.05, 0.1) is 11.6 Å². The van der Waals surface area contributed by atoms with E-state index in [1.165, 1.54) is 10.5 Å². The Kier molecular flexibility index (Phi) is 4.21. The van der Waals surface area contributed by atoms with Gasteiger partial charge in [-0.05, 0) is 36.6 Å². The van der Waals surface area contributed by atoms with Crippen molar-refractivity contribution in [3.05, 3.63) is 29.8 Å². The molecule has 0 heterocycles. The molecular weight excluding hydrogens is 256 g/mol. The Hall–Kier alpha value is -1.00. The average Bonchev–Trinajstić information content (AvgIpc) is 3.18. The molecule has 0 spiro atoms. The first-order valence-corrected chi connectivity index (χ1v) is 7.94. The maximum absolute atomic E-state index is 12.2. The number of benzene rings is 1. The minimum Gasteiger partial charge on any atom is -0.345 e. The minimum atomic E-state index is -0.432. The second kappa shape index (κ2) is 5.55. The van der Waals surface area contributed by atoms with Crippen molar-refractivity contribution >= 4 is 17.7 Å². The van der Waals surface area contributed by atoms with E-state index in [0.717, 1.165) is 12.8 Å². The van der Waals surface area contributed by atoms with Gasteiger partial charge in [-0.3, -0.25) is 4.79 Å². The predicted octanol–water partition coefficient (Wildman–Crippen LogP) is 2.50. The minimum absolute atomic E-state index is 0.0385. The Labute approximate surface area is 119 Å². The maximum atomic E-state index is 12.2. The van der Waals surface area contributed by atoms with Crippen LogP contribution in [0, 0.1) is 5.92 Å². The molecule has 1 aliphatic rings. The molecule has 1 aromatic carbocycles. The molecule has 1 aliphatic carbocycles. The fourth-order valence-corrected chi connectivity index (χ4v) is 2.95. The third-order valence-corrected chi connectivity index (χ3v) is 4.55. The second-order valence-electron chi connectivity index (χ2n) is 5.54. The van der Waals surface area contributed by atoms with Crippen molar-refractivity contribution in [2.24, 2.45) is 11.7 Å². The summed E-state index contributed by atoms with van der Waals surface area (Å²) in [5.41, 5.74) is 6.98. The largest absolute Gasteiger partial charge is 0.345 e. The van der Waals surface area contributed by atoms with E-state index in [1.807, 2.05) is 26.0 Å². The van der Waals surface area contributed by atoms with E-state index in [9.17, 15) is 4.79 Å². The van der Waals surface area contributed by atoms with Crippen LogP contribution in [0.2, 0.25) is 0 Å². The van der Waals surface area contributed by atoms with Crippen LogP contribution >= 0.6 is 11.8 Å². The van der Waals surface area contributed by atoms with Crippen LogP contribution in [0.3, 0.4) is 0 Å². The van der Waals surface area contributed by atoms with Gasteiger partial charge in [-0.25, -0.2) is 0 Å². The van der Waals surface area contributed by atoms with Gasteiger partial charge in [-0.15, -0.1) is 11.8 Å². The van der Waals surface area contributed by atoms with Crippen molar-refractivity contribution in [2.45, 2.75) is 43.2 Å². The van der Waals surface area contributed by atoms with Crippen LogP contribution in [0.25, 0.3) is 0 Å². The van der Waals surface area contributed by atoms with E-state index in [1.54, 1.807) is 11.8 Å². The second-order valence-corrected chi connectivity index (χ2v) is 6.39. The first kappa shape index (κ1) is 14.4. The fourth-order valence-electron chi connectivity index (χ4n) is 2.25. The van der Waals surface area contributed by atoms with Crippen LogP contribution in [0.5, 0.6) is 0 Å². The molecule has 1 saturated carbocycles. The molecule has 3 nitrogen and oxygen atoms in total. The van der Waals surface area contributed by atoms with Crippen LogP contribution < -0.4 is 11.1 Å². The molecule has 1 fully saturated rings. The topological polar surface area (TPSA) is 55.1 Å². The number of amides is 1. The number of nitrogens with one attached hydrogen (secondary N) is 1. The number of hydrogen-bond donors (Lipinski definition) is 2. The number of rotatable bonds is 5. The van der Waals surface area contributed by atoms with E-state index in [0.29, 0.717) is 0 Å². The summed E-state index contributed by atoms with van der Waals surface area (Å²) in [4.78, 5) is 13.4. The summed E-state index contributed by atoms with van der Waals surface area (Å²) in [5.74, 6) is 0.120. The summed E-state index contributed by atoms with van der Waals surface area (Å²) in [7, 11) is 0. The molecule has 1 atom stereocenters. The highest BCUT2D eigenvalue weighted by Gasteiger charge is 2.47. The molecule has 3 N–H and O–H groups in total.